The number of aryl methyl sites for hydroxylation is 1. The molecule has 9 heteroatoms. The molecule has 4 atom stereocenters. The summed E-state index contributed by atoms with van der Waals surface area (Å²) in [5.41, 5.74) is 2.30. The average Bonchev–Trinajstić information content (AvgIpc) is 3.36. The lowest BCUT2D eigenvalue weighted by Crippen LogP contribution is -2.43. The molecule has 4 rings (SSSR count). The van der Waals surface area contributed by atoms with Crippen molar-refractivity contribution in [1.82, 2.24) is 10.2 Å². The van der Waals surface area contributed by atoms with Crippen molar-refractivity contribution in [3.63, 3.8) is 0 Å². The predicted molar refractivity (Wildman–Crippen MR) is 149 cm³/mol. The molecule has 1 saturated heterocycles. The molecule has 1 aliphatic heterocycles. The predicted octanol–water partition coefficient (Wildman–Crippen LogP) is 4.19. The van der Waals surface area contributed by atoms with E-state index in [-0.39, 0.29) is 25.3 Å². The van der Waals surface area contributed by atoms with Gasteiger partial charge in [0.05, 0.1) is 0 Å². The molecule has 204 valence electrons. The number of benzene rings is 3. The largest absolute Gasteiger partial charge is 0.480 e. The van der Waals surface area contributed by atoms with E-state index in [9.17, 15) is 28.9 Å². The minimum atomic E-state index is -4.28. The molecule has 0 aliphatic carbocycles. The van der Waals surface area contributed by atoms with Crippen LogP contribution < -0.4 is 5.32 Å². The number of nitrogens with zero attached hydrogens (tertiary/aromatic N) is 1. The van der Waals surface area contributed by atoms with Crippen molar-refractivity contribution in [3.8, 4) is 0 Å². The Balaban J connectivity index is 1.49. The number of carboxylic acid groups (broad SMARTS) is 1. The molecular formula is C30H33N2O6P. The average molecular weight is 549 g/mol. The first-order valence-electron chi connectivity index (χ1n) is 13.0. The van der Waals surface area contributed by atoms with Crippen LogP contribution >= 0.6 is 7.37 Å². The Morgan fingerprint density at radius 2 is 1.46 bits per heavy atom. The molecule has 3 aromatic carbocycles. The maximum absolute atomic E-state index is 13.7. The van der Waals surface area contributed by atoms with Crippen molar-refractivity contribution >= 4 is 25.2 Å². The van der Waals surface area contributed by atoms with Gasteiger partial charge in [0.25, 0.3) is 5.91 Å². The van der Waals surface area contributed by atoms with E-state index in [4.69, 9.17) is 0 Å². The molecule has 2 amide bonds. The van der Waals surface area contributed by atoms with Crippen LogP contribution in [0.5, 0.6) is 0 Å². The third-order valence-electron chi connectivity index (χ3n) is 7.09. The van der Waals surface area contributed by atoms with Crippen molar-refractivity contribution in [1.29, 1.82) is 0 Å². The zero-order valence-electron chi connectivity index (χ0n) is 21.6. The van der Waals surface area contributed by atoms with Gasteiger partial charge < -0.3 is 20.2 Å². The lowest BCUT2D eigenvalue weighted by Gasteiger charge is -2.27. The molecule has 8 nitrogen and oxygen atoms in total. The second-order valence-electron chi connectivity index (χ2n) is 9.98. The van der Waals surface area contributed by atoms with Gasteiger partial charge in [0, 0.05) is 12.1 Å². The van der Waals surface area contributed by atoms with E-state index >= 15 is 0 Å². The highest BCUT2D eigenvalue weighted by Crippen LogP contribution is 2.47. The summed E-state index contributed by atoms with van der Waals surface area (Å²) in [6.45, 7) is 0.190. The number of carbonyl (C=O) groups excluding carboxylic acids is 2. The molecule has 0 saturated carbocycles. The Bertz CT molecular complexity index is 1320. The van der Waals surface area contributed by atoms with Gasteiger partial charge in [-0.1, -0.05) is 78.9 Å². The molecule has 3 unspecified atom stereocenters. The number of carboxylic acids is 1. The zero-order valence-corrected chi connectivity index (χ0v) is 22.5. The molecule has 0 radical (unpaired) electrons. The van der Waals surface area contributed by atoms with Crippen LogP contribution in [0.25, 0.3) is 0 Å². The van der Waals surface area contributed by atoms with Gasteiger partial charge >= 0.3 is 5.97 Å². The van der Waals surface area contributed by atoms with Crippen molar-refractivity contribution in [3.05, 3.63) is 108 Å². The van der Waals surface area contributed by atoms with Crippen molar-refractivity contribution in [2.24, 2.45) is 5.92 Å². The second kappa shape index (κ2) is 12.9. The summed E-state index contributed by atoms with van der Waals surface area (Å²) in [5, 5.41) is 12.5. The highest BCUT2D eigenvalue weighted by molar-refractivity contribution is 7.59. The Hall–Kier alpha value is -3.74. The zero-order chi connectivity index (χ0) is 27.8. The van der Waals surface area contributed by atoms with Crippen molar-refractivity contribution in [2.75, 3.05) is 12.7 Å². The summed E-state index contributed by atoms with van der Waals surface area (Å²) < 4.78 is 13.7. The maximum Gasteiger partial charge on any atom is 0.326 e. The number of hydrogen-bond acceptors (Lipinski definition) is 4. The quantitative estimate of drug-likeness (QED) is 0.309. The molecule has 1 fully saturated rings. The molecule has 0 spiro atoms. The normalized spacial score (nSPS) is 19.2. The molecule has 3 aromatic rings. The number of nitrogens with one attached hydrogen (secondary N) is 1. The molecular weight excluding hydrogens is 515 g/mol. The lowest BCUT2D eigenvalue weighted by molar-refractivity contribution is -0.147. The first-order valence-corrected chi connectivity index (χ1v) is 14.9. The first-order chi connectivity index (χ1) is 18.7. The molecule has 1 aliphatic rings. The van der Waals surface area contributed by atoms with Gasteiger partial charge in [-0.2, -0.15) is 0 Å². The minimum absolute atomic E-state index is 0.0813. The first kappa shape index (κ1) is 28.3. The highest BCUT2D eigenvalue weighted by atomic mass is 31.2. The van der Waals surface area contributed by atoms with E-state index in [1.54, 1.807) is 30.3 Å². The van der Waals surface area contributed by atoms with Gasteiger partial charge in [-0.25, -0.2) is 4.79 Å². The van der Waals surface area contributed by atoms with Crippen LogP contribution in [0, 0.1) is 5.92 Å². The number of aliphatic carboxylic acids is 1. The van der Waals surface area contributed by atoms with E-state index in [0.717, 1.165) is 11.1 Å². The minimum Gasteiger partial charge on any atom is -0.480 e. The van der Waals surface area contributed by atoms with Crippen LogP contribution in [0.2, 0.25) is 0 Å². The summed E-state index contributed by atoms with van der Waals surface area (Å²) in [7, 11) is -4.28. The summed E-state index contributed by atoms with van der Waals surface area (Å²) in [5.74, 6) is -3.60. The summed E-state index contributed by atoms with van der Waals surface area (Å²) in [6, 6.07) is 26.3. The summed E-state index contributed by atoms with van der Waals surface area (Å²) >= 11 is 0. The van der Waals surface area contributed by atoms with E-state index in [1.807, 2.05) is 60.7 Å². The van der Waals surface area contributed by atoms with Crippen molar-refractivity contribution < 1.29 is 28.9 Å². The SMILES string of the molecule is O=C(NC(CCc1ccccc1)P(=O)(O)CC(=O)N1CC(Cc2ccccc2)C[C@H]1C(=O)O)c1ccccc1. The number of hydrogen-bond donors (Lipinski definition) is 3. The van der Waals surface area contributed by atoms with E-state index in [1.165, 1.54) is 4.90 Å². The maximum atomic E-state index is 13.7. The van der Waals surface area contributed by atoms with E-state index in [2.05, 4.69) is 5.32 Å². The fourth-order valence-corrected chi connectivity index (χ4v) is 6.71. The number of carbonyl (C=O) groups is 3. The molecule has 0 aromatic heterocycles. The second-order valence-corrected chi connectivity index (χ2v) is 12.4. The van der Waals surface area contributed by atoms with Crippen LogP contribution in [-0.2, 0) is 27.0 Å². The van der Waals surface area contributed by atoms with Gasteiger partial charge in [-0.3, -0.25) is 14.2 Å². The third-order valence-corrected chi connectivity index (χ3v) is 9.18. The van der Waals surface area contributed by atoms with Gasteiger partial charge in [0.15, 0.2) is 0 Å². The number of rotatable bonds is 11. The summed E-state index contributed by atoms with van der Waals surface area (Å²) in [6.07, 6.45) is 0.692. The van der Waals surface area contributed by atoms with Crippen LogP contribution in [0.4, 0.5) is 0 Å². The standard InChI is InChI=1S/C30H33N2O6P/c33-28(32-20-24(19-26(32)30(35)36)18-23-12-6-2-7-13-23)21-39(37,38)27(17-16-22-10-4-1-5-11-22)31-29(34)25-14-8-3-9-15-25/h1-15,24,26-27H,16-21H2,(H,31,34)(H,35,36)(H,37,38)/t24?,26-,27?/m0/s1. The smallest absolute Gasteiger partial charge is 0.326 e. The third kappa shape index (κ3) is 7.65. The Labute approximate surface area is 228 Å². The van der Waals surface area contributed by atoms with E-state index in [0.29, 0.717) is 18.4 Å². The molecule has 3 N–H and O–H groups in total. The van der Waals surface area contributed by atoms with Gasteiger partial charge in [-0.05, 0) is 54.9 Å². The molecule has 1 heterocycles. The fraction of sp³-hybridized carbons (Fsp3) is 0.300. The van der Waals surface area contributed by atoms with Crippen LogP contribution in [0.15, 0.2) is 91.0 Å². The summed E-state index contributed by atoms with van der Waals surface area (Å²) in [4.78, 5) is 50.6. The van der Waals surface area contributed by atoms with E-state index < -0.39 is 43.1 Å². The Kier molecular flexibility index (Phi) is 9.33. The van der Waals surface area contributed by atoms with Gasteiger partial charge in [0.1, 0.15) is 18.0 Å². The highest BCUT2D eigenvalue weighted by Gasteiger charge is 2.43. The molecule has 0 bridgehead atoms. The lowest BCUT2D eigenvalue weighted by atomic mass is 9.97. The van der Waals surface area contributed by atoms with Crippen LogP contribution in [-0.4, -0.2) is 57.2 Å². The topological polar surface area (TPSA) is 124 Å². The monoisotopic (exact) mass is 548 g/mol. The Morgan fingerprint density at radius 1 is 0.897 bits per heavy atom. The molecule has 39 heavy (non-hydrogen) atoms. The van der Waals surface area contributed by atoms with Gasteiger partial charge in [-0.15, -0.1) is 0 Å². The number of amides is 2. The van der Waals surface area contributed by atoms with Crippen LogP contribution in [0.3, 0.4) is 0 Å². The van der Waals surface area contributed by atoms with Crippen LogP contribution in [0.1, 0.15) is 34.3 Å². The van der Waals surface area contributed by atoms with Crippen molar-refractivity contribution in [2.45, 2.75) is 37.5 Å². The fourth-order valence-electron chi connectivity index (χ4n) is 5.07. The Morgan fingerprint density at radius 3 is 2.05 bits per heavy atom. The van der Waals surface area contributed by atoms with Gasteiger partial charge in [0.2, 0.25) is 13.3 Å². The number of likely N-dealkylation sites (tertiary alicyclic amines) is 1.